The molecule has 0 aliphatic heterocycles. The molecule has 0 fully saturated rings. The molecule has 0 unspecified atom stereocenters. The van der Waals surface area contributed by atoms with Crippen LogP contribution < -0.4 is 10.2 Å². The third-order valence-corrected chi connectivity index (χ3v) is 4.10. The van der Waals surface area contributed by atoms with Gasteiger partial charge in [-0.3, -0.25) is 5.32 Å². The fourth-order valence-corrected chi connectivity index (χ4v) is 2.86. The monoisotopic (exact) mass is 452 g/mol. The summed E-state index contributed by atoms with van der Waals surface area (Å²) in [4.78, 5) is 28.1. The fourth-order valence-electron chi connectivity index (χ4n) is 2.86. The van der Waals surface area contributed by atoms with E-state index in [4.69, 9.17) is 9.15 Å². The van der Waals surface area contributed by atoms with Crippen LogP contribution >= 0.6 is 0 Å². The molecule has 13 heteroatoms. The van der Waals surface area contributed by atoms with Crippen molar-refractivity contribution < 1.29 is 41.4 Å². The number of rotatable bonds is 4. The van der Waals surface area contributed by atoms with E-state index in [2.05, 4.69) is 10.3 Å². The minimum Gasteiger partial charge on any atom is -0.464 e. The number of nitrogens with one attached hydrogen (secondary N) is 1. The van der Waals surface area contributed by atoms with Crippen molar-refractivity contribution in [2.24, 2.45) is 0 Å². The Morgan fingerprint density at radius 3 is 2.66 bits per heavy atom. The zero-order valence-electron chi connectivity index (χ0n) is 16.0. The van der Waals surface area contributed by atoms with Gasteiger partial charge in [0, 0.05) is 6.20 Å². The predicted octanol–water partition coefficient (Wildman–Crippen LogP) is 5.24. The van der Waals surface area contributed by atoms with E-state index >= 15 is 0 Å². The number of carbonyl (C=O) groups excluding carboxylic acids is 1. The molecule has 3 rings (SSSR count). The molecule has 0 radical (unpaired) electrons. The molecule has 0 aliphatic carbocycles. The molecule has 0 saturated heterocycles. The summed E-state index contributed by atoms with van der Waals surface area (Å²) >= 11 is 0. The smallest absolute Gasteiger partial charge is 0.419 e. The number of halogens is 4. The van der Waals surface area contributed by atoms with Gasteiger partial charge >= 0.3 is 18.4 Å². The van der Waals surface area contributed by atoms with Crippen LogP contribution in [0.15, 0.2) is 34.9 Å². The Bertz CT molecular complexity index is 1250. The van der Waals surface area contributed by atoms with Gasteiger partial charge in [-0.25, -0.2) is 23.9 Å². The van der Waals surface area contributed by atoms with Crippen molar-refractivity contribution >= 4 is 40.4 Å². The highest BCUT2D eigenvalue weighted by molar-refractivity contribution is 6.11. The molecular weight excluding hydrogens is 440 g/mol. The number of furan rings is 1. The van der Waals surface area contributed by atoms with Crippen LogP contribution in [0, 0.1) is 17.1 Å². The third-order valence-electron chi connectivity index (χ3n) is 4.10. The highest BCUT2D eigenvalue weighted by Gasteiger charge is 2.36. The van der Waals surface area contributed by atoms with Crippen LogP contribution in [-0.4, -0.2) is 28.9 Å². The molecule has 2 aromatic heterocycles. The number of ether oxygens (including phenoxy) is 1. The van der Waals surface area contributed by atoms with Gasteiger partial charge in [-0.2, -0.15) is 18.4 Å². The first-order valence-electron chi connectivity index (χ1n) is 8.73. The quantitative estimate of drug-likeness (QED) is 0.518. The number of benzene rings is 1. The average molecular weight is 452 g/mol. The summed E-state index contributed by atoms with van der Waals surface area (Å²) in [5, 5.41) is 21.1. The summed E-state index contributed by atoms with van der Waals surface area (Å²) in [5.74, 6) is -2.15. The SMILES string of the molecule is CCOC(=O)Nc1oc2c(C#N)nccc2c1N(C(=O)O)c1ccc(F)c(C(F)(F)F)c1. The maximum atomic E-state index is 13.7. The zero-order valence-corrected chi connectivity index (χ0v) is 16.0. The lowest BCUT2D eigenvalue weighted by Crippen LogP contribution is -2.26. The van der Waals surface area contributed by atoms with E-state index in [-0.39, 0.29) is 23.3 Å². The number of aromatic nitrogens is 1. The molecular formula is C19H12F4N4O5. The van der Waals surface area contributed by atoms with Crippen LogP contribution in [0.2, 0.25) is 0 Å². The minimum absolute atomic E-state index is 0.0536. The van der Waals surface area contributed by atoms with E-state index in [1.807, 2.05) is 0 Å². The van der Waals surface area contributed by atoms with Crippen molar-refractivity contribution in [1.82, 2.24) is 4.98 Å². The summed E-state index contributed by atoms with van der Waals surface area (Å²) in [5.41, 5.74) is -3.24. The summed E-state index contributed by atoms with van der Waals surface area (Å²) < 4.78 is 63.4. The number of carbonyl (C=O) groups is 2. The van der Waals surface area contributed by atoms with Crippen LogP contribution in [-0.2, 0) is 10.9 Å². The second-order valence-corrected chi connectivity index (χ2v) is 6.05. The molecule has 0 aliphatic rings. The molecule has 2 amide bonds. The van der Waals surface area contributed by atoms with Crippen molar-refractivity contribution in [3.8, 4) is 6.07 Å². The lowest BCUT2D eigenvalue weighted by atomic mass is 10.1. The van der Waals surface area contributed by atoms with Crippen LogP contribution in [0.3, 0.4) is 0 Å². The number of alkyl halides is 3. The van der Waals surface area contributed by atoms with Crippen LogP contribution in [0.25, 0.3) is 11.0 Å². The maximum Gasteiger partial charge on any atom is 0.419 e. The van der Waals surface area contributed by atoms with E-state index in [1.165, 1.54) is 13.0 Å². The number of fused-ring (bicyclic) bond motifs is 1. The number of pyridine rings is 1. The Labute approximate surface area is 176 Å². The number of amides is 2. The van der Waals surface area contributed by atoms with E-state index in [0.29, 0.717) is 17.0 Å². The number of anilines is 3. The lowest BCUT2D eigenvalue weighted by Gasteiger charge is -2.21. The summed E-state index contributed by atoms with van der Waals surface area (Å²) in [6.45, 7) is 1.44. The van der Waals surface area contributed by atoms with Crippen LogP contribution in [0.4, 0.5) is 44.4 Å². The number of nitrogens with zero attached hydrogens (tertiary/aromatic N) is 3. The topological polar surface area (TPSA) is 129 Å². The number of hydrogen-bond donors (Lipinski definition) is 2. The molecule has 3 aromatic rings. The van der Waals surface area contributed by atoms with Crippen LogP contribution in [0.1, 0.15) is 18.2 Å². The van der Waals surface area contributed by atoms with E-state index in [1.54, 1.807) is 6.07 Å². The number of nitriles is 1. The molecule has 32 heavy (non-hydrogen) atoms. The molecule has 0 bridgehead atoms. The minimum atomic E-state index is -5.10. The standard InChI is InChI=1S/C19H12F4N4O5/c1-2-31-17(28)26-16-14(10-5-6-25-13(8-24)15(10)32-16)27(18(29)30)9-3-4-12(20)11(7-9)19(21,22)23/h3-7H,2H2,1H3,(H,26,28)(H,29,30). The Kier molecular flexibility index (Phi) is 5.88. The molecule has 2 heterocycles. The summed E-state index contributed by atoms with van der Waals surface area (Å²) in [6, 6.07) is 4.51. The van der Waals surface area contributed by atoms with Crippen molar-refractivity contribution in [1.29, 1.82) is 5.26 Å². The van der Waals surface area contributed by atoms with Crippen molar-refractivity contribution in [2.45, 2.75) is 13.1 Å². The Hall–Kier alpha value is -4.34. The van der Waals surface area contributed by atoms with Gasteiger partial charge < -0.3 is 14.3 Å². The lowest BCUT2D eigenvalue weighted by molar-refractivity contribution is -0.139. The normalized spacial score (nSPS) is 11.1. The molecule has 166 valence electrons. The van der Waals surface area contributed by atoms with Crippen LogP contribution in [0.5, 0.6) is 0 Å². The third kappa shape index (κ3) is 4.10. The molecule has 9 nitrogen and oxygen atoms in total. The first-order chi connectivity index (χ1) is 15.1. The molecule has 0 atom stereocenters. The van der Waals surface area contributed by atoms with Gasteiger partial charge in [-0.1, -0.05) is 0 Å². The second kappa shape index (κ2) is 8.42. The summed E-state index contributed by atoms with van der Waals surface area (Å²) in [7, 11) is 0. The predicted molar refractivity (Wildman–Crippen MR) is 101 cm³/mol. The van der Waals surface area contributed by atoms with Gasteiger partial charge in [0.1, 0.15) is 17.6 Å². The van der Waals surface area contributed by atoms with Crippen molar-refractivity contribution in [3.05, 3.63) is 47.5 Å². The average Bonchev–Trinajstić information content (AvgIpc) is 3.06. The van der Waals surface area contributed by atoms with Gasteiger partial charge in [-0.05, 0) is 31.2 Å². The maximum absolute atomic E-state index is 13.7. The molecule has 0 spiro atoms. The highest BCUT2D eigenvalue weighted by atomic mass is 19.4. The Morgan fingerprint density at radius 2 is 2.06 bits per heavy atom. The van der Waals surface area contributed by atoms with Crippen molar-refractivity contribution in [2.75, 3.05) is 16.8 Å². The highest BCUT2D eigenvalue weighted by Crippen LogP contribution is 2.43. The molecule has 2 N–H and O–H groups in total. The molecule has 0 saturated carbocycles. The van der Waals surface area contributed by atoms with E-state index in [0.717, 1.165) is 12.3 Å². The molecule has 1 aromatic carbocycles. The van der Waals surface area contributed by atoms with Gasteiger partial charge in [0.15, 0.2) is 11.3 Å². The fraction of sp³-hybridized carbons (Fsp3) is 0.158. The van der Waals surface area contributed by atoms with Crippen molar-refractivity contribution in [3.63, 3.8) is 0 Å². The summed E-state index contributed by atoms with van der Waals surface area (Å²) in [6.07, 6.45) is -6.80. The van der Waals surface area contributed by atoms with E-state index < -0.39 is 47.0 Å². The van der Waals surface area contributed by atoms with Gasteiger partial charge in [-0.15, -0.1) is 0 Å². The van der Waals surface area contributed by atoms with Gasteiger partial charge in [0.25, 0.3) is 0 Å². The first-order valence-corrected chi connectivity index (χ1v) is 8.73. The zero-order chi connectivity index (χ0) is 23.6. The number of carboxylic acid groups (broad SMARTS) is 1. The Balaban J connectivity index is 2.30. The second-order valence-electron chi connectivity index (χ2n) is 6.05. The van der Waals surface area contributed by atoms with E-state index in [9.17, 15) is 37.5 Å². The number of hydrogen-bond acceptors (Lipinski definition) is 6. The van der Waals surface area contributed by atoms with Gasteiger partial charge in [0.05, 0.1) is 23.2 Å². The Morgan fingerprint density at radius 1 is 1.34 bits per heavy atom. The largest absolute Gasteiger partial charge is 0.464 e. The first kappa shape index (κ1) is 22.3. The van der Waals surface area contributed by atoms with Gasteiger partial charge in [0.2, 0.25) is 5.88 Å².